The Kier molecular flexibility index (Phi) is 5.18. The summed E-state index contributed by atoms with van der Waals surface area (Å²) in [7, 11) is 0. The second-order valence-electron chi connectivity index (χ2n) is 6.08. The summed E-state index contributed by atoms with van der Waals surface area (Å²) in [6.45, 7) is 5.65. The number of carbonyl (C=O) groups excluding carboxylic acids is 1. The van der Waals surface area contributed by atoms with E-state index in [1.807, 2.05) is 31.2 Å². The third kappa shape index (κ3) is 4.07. The summed E-state index contributed by atoms with van der Waals surface area (Å²) in [6, 6.07) is 7.90. The van der Waals surface area contributed by atoms with E-state index in [9.17, 15) is 4.79 Å². The van der Waals surface area contributed by atoms with Crippen LogP contribution in [0.15, 0.2) is 24.3 Å². The summed E-state index contributed by atoms with van der Waals surface area (Å²) < 4.78 is 0. The molecule has 0 unspecified atom stereocenters. The first-order valence-corrected chi connectivity index (χ1v) is 7.71. The number of carbonyl (C=O) groups is 1. The van der Waals surface area contributed by atoms with Crippen LogP contribution < -0.4 is 10.6 Å². The van der Waals surface area contributed by atoms with Gasteiger partial charge in [-0.3, -0.25) is 4.79 Å². The molecule has 0 aromatic heterocycles. The largest absolute Gasteiger partial charge is 0.325 e. The van der Waals surface area contributed by atoms with Crippen molar-refractivity contribution in [3.8, 4) is 0 Å². The molecule has 1 aromatic rings. The molecule has 3 heteroatoms. The summed E-state index contributed by atoms with van der Waals surface area (Å²) in [5.74, 6) is 0.0415. The molecular formula is C17H26N2O. The minimum Gasteiger partial charge on any atom is -0.325 e. The van der Waals surface area contributed by atoms with E-state index < -0.39 is 0 Å². The molecule has 0 radical (unpaired) electrons. The third-order valence-corrected chi connectivity index (χ3v) is 4.50. The molecule has 3 nitrogen and oxygen atoms in total. The maximum Gasteiger partial charge on any atom is 0.238 e. The van der Waals surface area contributed by atoms with Crippen molar-refractivity contribution < 1.29 is 4.79 Å². The first kappa shape index (κ1) is 15.0. The van der Waals surface area contributed by atoms with E-state index in [4.69, 9.17) is 0 Å². The van der Waals surface area contributed by atoms with E-state index in [-0.39, 0.29) is 5.91 Å². The number of benzene rings is 1. The first-order valence-electron chi connectivity index (χ1n) is 7.71. The molecule has 0 saturated heterocycles. The summed E-state index contributed by atoms with van der Waals surface area (Å²) >= 11 is 0. The van der Waals surface area contributed by atoms with Crippen LogP contribution in [0.5, 0.6) is 0 Å². The van der Waals surface area contributed by atoms with Gasteiger partial charge in [-0.05, 0) is 49.3 Å². The molecule has 1 amide bonds. The van der Waals surface area contributed by atoms with Gasteiger partial charge in [-0.2, -0.15) is 0 Å². The fourth-order valence-electron chi connectivity index (χ4n) is 3.15. The van der Waals surface area contributed by atoms with Crippen molar-refractivity contribution in [2.45, 2.75) is 46.0 Å². The quantitative estimate of drug-likeness (QED) is 0.833. The predicted molar refractivity (Wildman–Crippen MR) is 83.9 cm³/mol. The van der Waals surface area contributed by atoms with Crippen molar-refractivity contribution >= 4 is 11.6 Å². The maximum absolute atomic E-state index is 11.9. The fourth-order valence-corrected chi connectivity index (χ4v) is 3.15. The van der Waals surface area contributed by atoms with Crippen LogP contribution >= 0.6 is 0 Å². The van der Waals surface area contributed by atoms with Gasteiger partial charge in [-0.1, -0.05) is 31.9 Å². The fraction of sp³-hybridized carbons (Fsp3) is 0.588. The molecule has 1 aliphatic carbocycles. The van der Waals surface area contributed by atoms with E-state index in [1.165, 1.54) is 32.1 Å². The summed E-state index contributed by atoms with van der Waals surface area (Å²) in [4.78, 5) is 11.9. The summed E-state index contributed by atoms with van der Waals surface area (Å²) in [5, 5.41) is 6.28. The minimum atomic E-state index is 0.0415. The van der Waals surface area contributed by atoms with Crippen molar-refractivity contribution in [1.29, 1.82) is 0 Å². The first-order chi connectivity index (χ1) is 9.63. The molecule has 0 aliphatic heterocycles. The lowest BCUT2D eigenvalue weighted by molar-refractivity contribution is -0.115. The van der Waals surface area contributed by atoms with E-state index in [0.29, 0.717) is 12.0 Å². The molecule has 0 heterocycles. The molecule has 20 heavy (non-hydrogen) atoms. The molecule has 1 saturated carbocycles. The van der Waals surface area contributed by atoms with Crippen molar-refractivity contribution in [3.05, 3.63) is 29.8 Å². The van der Waals surface area contributed by atoms with Gasteiger partial charge >= 0.3 is 0 Å². The molecule has 0 atom stereocenters. The lowest BCUT2D eigenvalue weighted by Crippen LogP contribution is -2.36. The van der Waals surface area contributed by atoms with Gasteiger partial charge in [0.05, 0.1) is 6.54 Å². The molecule has 110 valence electrons. The average molecular weight is 274 g/mol. The van der Waals surface area contributed by atoms with Crippen LogP contribution in [0, 0.1) is 12.3 Å². The van der Waals surface area contributed by atoms with Crippen LogP contribution in [0.25, 0.3) is 0 Å². The van der Waals surface area contributed by atoms with Crippen molar-refractivity contribution in [2.75, 3.05) is 18.4 Å². The van der Waals surface area contributed by atoms with Crippen LogP contribution in [0.2, 0.25) is 0 Å². The Hall–Kier alpha value is -1.35. The van der Waals surface area contributed by atoms with Crippen LogP contribution in [0.4, 0.5) is 5.69 Å². The van der Waals surface area contributed by atoms with E-state index in [0.717, 1.165) is 17.8 Å². The highest BCUT2D eigenvalue weighted by atomic mass is 16.1. The number of hydrogen-bond acceptors (Lipinski definition) is 2. The van der Waals surface area contributed by atoms with Crippen LogP contribution in [0.3, 0.4) is 0 Å². The predicted octanol–water partition coefficient (Wildman–Crippen LogP) is 3.49. The number of rotatable bonds is 6. The topological polar surface area (TPSA) is 41.1 Å². The smallest absolute Gasteiger partial charge is 0.238 e. The number of aryl methyl sites for hydroxylation is 1. The van der Waals surface area contributed by atoms with Crippen LogP contribution in [-0.2, 0) is 4.79 Å². The Balaban J connectivity index is 1.75. The van der Waals surface area contributed by atoms with Gasteiger partial charge in [0, 0.05) is 12.2 Å². The van der Waals surface area contributed by atoms with Crippen molar-refractivity contribution in [3.63, 3.8) is 0 Å². The molecule has 2 N–H and O–H groups in total. The second kappa shape index (κ2) is 6.89. The van der Waals surface area contributed by atoms with Crippen LogP contribution in [-0.4, -0.2) is 19.0 Å². The van der Waals surface area contributed by atoms with Crippen molar-refractivity contribution in [1.82, 2.24) is 5.32 Å². The summed E-state index contributed by atoms with van der Waals surface area (Å²) in [5.41, 5.74) is 2.47. The van der Waals surface area contributed by atoms with Gasteiger partial charge in [0.15, 0.2) is 0 Å². The Morgan fingerprint density at radius 1 is 1.30 bits per heavy atom. The highest BCUT2D eigenvalue weighted by Gasteiger charge is 2.31. The third-order valence-electron chi connectivity index (χ3n) is 4.50. The molecule has 1 aliphatic rings. The van der Waals surface area contributed by atoms with E-state index in [2.05, 4.69) is 17.6 Å². The number of anilines is 1. The van der Waals surface area contributed by atoms with Gasteiger partial charge in [0.1, 0.15) is 0 Å². The minimum absolute atomic E-state index is 0.0415. The zero-order valence-corrected chi connectivity index (χ0v) is 12.7. The second-order valence-corrected chi connectivity index (χ2v) is 6.08. The Morgan fingerprint density at radius 3 is 2.70 bits per heavy atom. The van der Waals surface area contributed by atoms with Gasteiger partial charge in [-0.25, -0.2) is 0 Å². The molecule has 0 bridgehead atoms. The summed E-state index contributed by atoms with van der Waals surface area (Å²) in [6.07, 6.45) is 6.49. The average Bonchev–Trinajstić information content (AvgIpc) is 2.88. The van der Waals surface area contributed by atoms with Gasteiger partial charge in [0.2, 0.25) is 5.91 Å². The normalized spacial score (nSPS) is 17.1. The Morgan fingerprint density at radius 2 is 2.05 bits per heavy atom. The highest BCUT2D eigenvalue weighted by Crippen LogP contribution is 2.40. The van der Waals surface area contributed by atoms with Crippen molar-refractivity contribution in [2.24, 2.45) is 5.41 Å². The zero-order chi connectivity index (χ0) is 14.4. The maximum atomic E-state index is 11.9. The monoisotopic (exact) mass is 274 g/mol. The van der Waals surface area contributed by atoms with E-state index >= 15 is 0 Å². The number of nitrogens with one attached hydrogen (secondary N) is 2. The van der Waals surface area contributed by atoms with Gasteiger partial charge in [0.25, 0.3) is 0 Å². The highest BCUT2D eigenvalue weighted by molar-refractivity contribution is 5.92. The lowest BCUT2D eigenvalue weighted by atomic mass is 9.83. The number of hydrogen-bond donors (Lipinski definition) is 2. The van der Waals surface area contributed by atoms with Gasteiger partial charge in [-0.15, -0.1) is 0 Å². The van der Waals surface area contributed by atoms with E-state index in [1.54, 1.807) is 0 Å². The van der Waals surface area contributed by atoms with Crippen LogP contribution in [0.1, 0.15) is 44.6 Å². The SMILES string of the molecule is CCC1(CNCC(=O)Nc2cccc(C)c2)CCCC1. The molecule has 0 spiro atoms. The molecule has 1 fully saturated rings. The zero-order valence-electron chi connectivity index (χ0n) is 12.7. The lowest BCUT2D eigenvalue weighted by Gasteiger charge is -2.27. The molecular weight excluding hydrogens is 248 g/mol. The Labute approximate surface area is 122 Å². The standard InChI is InChI=1S/C17H26N2O/c1-3-17(9-4-5-10-17)13-18-12-16(20)19-15-8-6-7-14(2)11-15/h6-8,11,18H,3-5,9-10,12-13H2,1-2H3,(H,19,20). The van der Waals surface area contributed by atoms with Gasteiger partial charge < -0.3 is 10.6 Å². The molecule has 1 aromatic carbocycles. The number of amides is 1. The molecule has 2 rings (SSSR count). The Bertz CT molecular complexity index is 450.